The summed E-state index contributed by atoms with van der Waals surface area (Å²) in [6.45, 7) is 4.12. The van der Waals surface area contributed by atoms with Gasteiger partial charge in [-0.1, -0.05) is 12.1 Å². The van der Waals surface area contributed by atoms with Gasteiger partial charge in [0.1, 0.15) is 11.9 Å². The van der Waals surface area contributed by atoms with Gasteiger partial charge in [0.05, 0.1) is 12.3 Å². The van der Waals surface area contributed by atoms with E-state index in [0.717, 1.165) is 42.9 Å². The molecule has 0 radical (unpaired) electrons. The van der Waals surface area contributed by atoms with Crippen LogP contribution in [-0.2, 0) is 9.53 Å². The van der Waals surface area contributed by atoms with Gasteiger partial charge in [0.15, 0.2) is 0 Å². The zero-order valence-corrected chi connectivity index (χ0v) is 12.4. The Morgan fingerprint density at radius 3 is 2.90 bits per heavy atom. The Morgan fingerprint density at radius 1 is 1.33 bits per heavy atom. The number of hydrogen-bond donors (Lipinski definition) is 2. The highest BCUT2D eigenvalue weighted by Gasteiger charge is 2.26. The van der Waals surface area contributed by atoms with Gasteiger partial charge in [-0.3, -0.25) is 4.79 Å². The van der Waals surface area contributed by atoms with Crippen molar-refractivity contribution in [1.82, 2.24) is 5.32 Å². The predicted molar refractivity (Wildman–Crippen MR) is 80.6 cm³/mol. The molecule has 0 spiro atoms. The summed E-state index contributed by atoms with van der Waals surface area (Å²) in [6, 6.07) is 6.48. The van der Waals surface area contributed by atoms with Crippen LogP contribution in [0.1, 0.15) is 37.9 Å². The van der Waals surface area contributed by atoms with Gasteiger partial charge in [0.2, 0.25) is 0 Å². The number of carbonyl (C=O) groups excluding carboxylic acids is 1. The van der Waals surface area contributed by atoms with Gasteiger partial charge < -0.3 is 20.1 Å². The van der Waals surface area contributed by atoms with Crippen molar-refractivity contribution >= 4 is 11.7 Å². The van der Waals surface area contributed by atoms with Gasteiger partial charge in [-0.2, -0.15) is 0 Å². The van der Waals surface area contributed by atoms with E-state index in [1.165, 1.54) is 6.92 Å². The Kier molecular flexibility index (Phi) is 4.29. The van der Waals surface area contributed by atoms with E-state index in [9.17, 15) is 4.79 Å². The number of rotatable bonds is 3. The first-order valence-corrected chi connectivity index (χ1v) is 7.64. The Balaban J connectivity index is 1.80. The molecule has 3 rings (SSSR count). The second-order valence-corrected chi connectivity index (χ2v) is 5.63. The third-order valence-corrected chi connectivity index (χ3v) is 4.03. The number of para-hydroxylation sites is 1. The molecule has 0 bridgehead atoms. The number of anilines is 1. The molecule has 1 saturated heterocycles. The van der Waals surface area contributed by atoms with Gasteiger partial charge in [0.25, 0.3) is 0 Å². The molecule has 1 fully saturated rings. The van der Waals surface area contributed by atoms with Crippen molar-refractivity contribution in [3.05, 3.63) is 23.8 Å². The largest absolute Gasteiger partial charge is 0.491 e. The van der Waals surface area contributed by atoms with Crippen LogP contribution in [0.5, 0.6) is 5.75 Å². The summed E-state index contributed by atoms with van der Waals surface area (Å²) >= 11 is 0. The molecule has 2 aliphatic heterocycles. The van der Waals surface area contributed by atoms with E-state index >= 15 is 0 Å². The number of carbonyl (C=O) groups is 1. The van der Waals surface area contributed by atoms with Gasteiger partial charge in [-0.15, -0.1) is 0 Å². The zero-order valence-electron chi connectivity index (χ0n) is 12.4. The van der Waals surface area contributed by atoms with E-state index in [1.54, 1.807) is 0 Å². The van der Waals surface area contributed by atoms with E-state index < -0.39 is 0 Å². The Morgan fingerprint density at radius 2 is 2.14 bits per heavy atom. The quantitative estimate of drug-likeness (QED) is 0.836. The minimum Gasteiger partial charge on any atom is -0.491 e. The summed E-state index contributed by atoms with van der Waals surface area (Å²) < 4.78 is 11.2. The average molecular weight is 290 g/mol. The molecule has 21 heavy (non-hydrogen) atoms. The van der Waals surface area contributed by atoms with Gasteiger partial charge >= 0.3 is 5.97 Å². The van der Waals surface area contributed by atoms with Crippen molar-refractivity contribution < 1.29 is 14.3 Å². The molecule has 2 aliphatic rings. The maximum Gasteiger partial charge on any atom is 0.303 e. The smallest absolute Gasteiger partial charge is 0.303 e. The van der Waals surface area contributed by atoms with Crippen LogP contribution in [0.2, 0.25) is 0 Å². The predicted octanol–water partition coefficient (Wildman–Crippen LogP) is 2.24. The van der Waals surface area contributed by atoms with Crippen LogP contribution in [0.4, 0.5) is 5.69 Å². The third kappa shape index (κ3) is 3.29. The summed E-state index contributed by atoms with van der Waals surface area (Å²) in [7, 11) is 0. The fourth-order valence-electron chi connectivity index (χ4n) is 3.02. The van der Waals surface area contributed by atoms with Gasteiger partial charge in [-0.25, -0.2) is 0 Å². The number of fused-ring (bicyclic) bond motifs is 1. The first-order chi connectivity index (χ1) is 10.2. The van der Waals surface area contributed by atoms with Gasteiger partial charge in [0, 0.05) is 24.9 Å². The molecule has 0 saturated carbocycles. The highest BCUT2D eigenvalue weighted by atomic mass is 16.5. The normalized spacial score (nSPS) is 22.0. The fraction of sp³-hybridized carbons (Fsp3) is 0.562. The SMILES string of the molecule is CC(=O)OC1CCOc2c(NC3CCNCC3)cccc21. The van der Waals surface area contributed by atoms with E-state index in [1.807, 2.05) is 18.2 Å². The van der Waals surface area contributed by atoms with Crippen LogP contribution in [0.15, 0.2) is 18.2 Å². The molecule has 2 heterocycles. The summed E-state index contributed by atoms with van der Waals surface area (Å²) in [4.78, 5) is 11.2. The molecule has 5 nitrogen and oxygen atoms in total. The number of nitrogens with one attached hydrogen (secondary N) is 2. The minimum absolute atomic E-state index is 0.193. The maximum atomic E-state index is 11.2. The molecule has 5 heteroatoms. The number of ether oxygens (including phenoxy) is 2. The fourth-order valence-corrected chi connectivity index (χ4v) is 3.02. The maximum absolute atomic E-state index is 11.2. The van der Waals surface area contributed by atoms with Gasteiger partial charge in [-0.05, 0) is 32.0 Å². The molecular weight excluding hydrogens is 268 g/mol. The first kappa shape index (κ1) is 14.2. The summed E-state index contributed by atoms with van der Waals surface area (Å²) in [5.41, 5.74) is 1.98. The van der Waals surface area contributed by atoms with Crippen LogP contribution in [-0.4, -0.2) is 31.7 Å². The van der Waals surface area contributed by atoms with Crippen LogP contribution in [0.25, 0.3) is 0 Å². The van der Waals surface area contributed by atoms with Crippen molar-refractivity contribution in [2.45, 2.75) is 38.3 Å². The summed E-state index contributed by atoms with van der Waals surface area (Å²) in [6.07, 6.45) is 2.73. The second-order valence-electron chi connectivity index (χ2n) is 5.63. The number of hydrogen-bond acceptors (Lipinski definition) is 5. The molecule has 0 aliphatic carbocycles. The zero-order chi connectivity index (χ0) is 14.7. The lowest BCUT2D eigenvalue weighted by molar-refractivity contribution is -0.147. The van der Waals surface area contributed by atoms with Crippen LogP contribution in [0.3, 0.4) is 0 Å². The van der Waals surface area contributed by atoms with E-state index in [0.29, 0.717) is 19.1 Å². The van der Waals surface area contributed by atoms with Crippen molar-refractivity contribution in [3.63, 3.8) is 0 Å². The van der Waals surface area contributed by atoms with Crippen LogP contribution in [0, 0.1) is 0 Å². The first-order valence-electron chi connectivity index (χ1n) is 7.64. The molecular formula is C16H22N2O3. The topological polar surface area (TPSA) is 59.6 Å². The van der Waals surface area contributed by atoms with Crippen molar-refractivity contribution in [1.29, 1.82) is 0 Å². The number of esters is 1. The molecule has 2 N–H and O–H groups in total. The lowest BCUT2D eigenvalue weighted by atomic mass is 10.0. The Hall–Kier alpha value is -1.75. The van der Waals surface area contributed by atoms with Crippen LogP contribution < -0.4 is 15.4 Å². The molecule has 0 amide bonds. The Labute approximate surface area is 125 Å². The van der Waals surface area contributed by atoms with Crippen molar-refractivity contribution in [3.8, 4) is 5.75 Å². The third-order valence-electron chi connectivity index (χ3n) is 4.03. The van der Waals surface area contributed by atoms with Crippen molar-refractivity contribution in [2.75, 3.05) is 25.0 Å². The van der Waals surface area contributed by atoms with E-state index in [4.69, 9.17) is 9.47 Å². The lowest BCUT2D eigenvalue weighted by Gasteiger charge is -2.30. The highest BCUT2D eigenvalue weighted by Crippen LogP contribution is 2.40. The monoisotopic (exact) mass is 290 g/mol. The van der Waals surface area contributed by atoms with E-state index in [-0.39, 0.29) is 12.1 Å². The van der Waals surface area contributed by atoms with E-state index in [2.05, 4.69) is 10.6 Å². The summed E-state index contributed by atoms with van der Waals surface area (Å²) in [5, 5.41) is 6.94. The standard InChI is InChI=1S/C16H22N2O3/c1-11(19)21-15-7-10-20-16-13(15)3-2-4-14(16)18-12-5-8-17-9-6-12/h2-4,12,15,17-18H,5-10H2,1H3. The summed E-state index contributed by atoms with van der Waals surface area (Å²) in [5.74, 6) is 0.595. The van der Waals surface area contributed by atoms with Crippen LogP contribution >= 0.6 is 0 Å². The van der Waals surface area contributed by atoms with Crippen molar-refractivity contribution in [2.24, 2.45) is 0 Å². The average Bonchev–Trinajstić information content (AvgIpc) is 2.49. The highest BCUT2D eigenvalue weighted by molar-refractivity contribution is 5.67. The molecule has 1 atom stereocenters. The Bertz CT molecular complexity index is 512. The molecule has 1 aromatic carbocycles. The molecule has 114 valence electrons. The number of benzene rings is 1. The molecule has 1 unspecified atom stereocenters. The lowest BCUT2D eigenvalue weighted by Crippen LogP contribution is -2.35. The molecule has 1 aromatic rings. The molecule has 0 aromatic heterocycles. The number of piperidine rings is 1. The second kappa shape index (κ2) is 6.35. The minimum atomic E-state index is -0.246.